The lowest BCUT2D eigenvalue weighted by Crippen LogP contribution is -2.51. The summed E-state index contributed by atoms with van der Waals surface area (Å²) < 4.78 is 0. The number of carbonyl (C=O) groups is 1. The van der Waals surface area contributed by atoms with Crippen molar-refractivity contribution >= 4 is 5.91 Å². The molecule has 0 aromatic rings. The van der Waals surface area contributed by atoms with Crippen molar-refractivity contribution in [3.05, 3.63) is 0 Å². The van der Waals surface area contributed by atoms with Crippen LogP contribution in [0, 0.1) is 22.7 Å². The predicted octanol–water partition coefficient (Wildman–Crippen LogP) is 2.17. The number of hydrogen-bond donors (Lipinski definition) is 2. The lowest BCUT2D eigenvalue weighted by atomic mass is 9.92. The fourth-order valence-electron chi connectivity index (χ4n) is 3.56. The molecule has 1 saturated heterocycles. The van der Waals surface area contributed by atoms with Gasteiger partial charge in [-0.2, -0.15) is 0 Å². The Morgan fingerprint density at radius 3 is 2.39 bits per heavy atom. The highest BCUT2D eigenvalue weighted by molar-refractivity contribution is 5.82. The Kier molecular flexibility index (Phi) is 3.48. The van der Waals surface area contributed by atoms with Crippen LogP contribution in [0.15, 0.2) is 0 Å². The van der Waals surface area contributed by atoms with Gasteiger partial charge in [0, 0.05) is 6.54 Å². The Labute approximate surface area is 111 Å². The molecule has 2 N–H and O–H groups in total. The van der Waals surface area contributed by atoms with E-state index in [-0.39, 0.29) is 11.9 Å². The number of piperidine rings is 1. The zero-order chi connectivity index (χ0) is 13.6. The second kappa shape index (κ2) is 4.52. The molecular weight excluding hydrogens is 224 g/mol. The van der Waals surface area contributed by atoms with E-state index < -0.39 is 0 Å². The standard InChI is InChI=1S/C15H28N2O/c1-10-7-6-8-16-12(10)13(18)17-9-11-14(2,3)15(11,4)5/h10-12,16H,6-9H2,1-5H3,(H,17,18). The molecule has 3 nitrogen and oxygen atoms in total. The van der Waals surface area contributed by atoms with Crippen molar-refractivity contribution in [1.82, 2.24) is 10.6 Å². The van der Waals surface area contributed by atoms with E-state index in [0.29, 0.717) is 22.7 Å². The average Bonchev–Trinajstić information content (AvgIpc) is 2.67. The molecule has 2 unspecified atom stereocenters. The van der Waals surface area contributed by atoms with Crippen LogP contribution in [0.1, 0.15) is 47.5 Å². The maximum Gasteiger partial charge on any atom is 0.237 e. The van der Waals surface area contributed by atoms with Gasteiger partial charge in [-0.3, -0.25) is 4.79 Å². The van der Waals surface area contributed by atoms with E-state index in [4.69, 9.17) is 0 Å². The predicted molar refractivity (Wildman–Crippen MR) is 74.3 cm³/mol. The van der Waals surface area contributed by atoms with Crippen LogP contribution in [0.25, 0.3) is 0 Å². The van der Waals surface area contributed by atoms with Gasteiger partial charge in [-0.05, 0) is 42.1 Å². The van der Waals surface area contributed by atoms with E-state index in [2.05, 4.69) is 45.3 Å². The average molecular weight is 252 g/mol. The normalized spacial score (nSPS) is 34.1. The highest BCUT2D eigenvalue weighted by atomic mass is 16.2. The third-order valence-electron chi connectivity index (χ3n) is 5.85. The Morgan fingerprint density at radius 2 is 1.89 bits per heavy atom. The summed E-state index contributed by atoms with van der Waals surface area (Å²) in [4.78, 5) is 12.2. The van der Waals surface area contributed by atoms with Crippen LogP contribution in [-0.2, 0) is 4.79 Å². The first-order chi connectivity index (χ1) is 8.28. The highest BCUT2D eigenvalue weighted by Gasteiger charge is 2.64. The summed E-state index contributed by atoms with van der Waals surface area (Å²) in [6.07, 6.45) is 2.35. The second-order valence-corrected chi connectivity index (χ2v) is 7.29. The van der Waals surface area contributed by atoms with Gasteiger partial charge in [0.25, 0.3) is 0 Å². The van der Waals surface area contributed by atoms with E-state index in [0.717, 1.165) is 19.5 Å². The van der Waals surface area contributed by atoms with Crippen LogP contribution in [0.4, 0.5) is 0 Å². The van der Waals surface area contributed by atoms with Crippen LogP contribution in [0.3, 0.4) is 0 Å². The smallest absolute Gasteiger partial charge is 0.237 e. The molecular formula is C15H28N2O. The highest BCUT2D eigenvalue weighted by Crippen LogP contribution is 2.67. The summed E-state index contributed by atoms with van der Waals surface area (Å²) in [5.41, 5.74) is 0.706. The van der Waals surface area contributed by atoms with Gasteiger partial charge in [0.1, 0.15) is 0 Å². The topological polar surface area (TPSA) is 41.1 Å². The van der Waals surface area contributed by atoms with Crippen LogP contribution >= 0.6 is 0 Å². The molecule has 18 heavy (non-hydrogen) atoms. The monoisotopic (exact) mass is 252 g/mol. The zero-order valence-electron chi connectivity index (χ0n) is 12.5. The molecule has 0 bridgehead atoms. The van der Waals surface area contributed by atoms with Gasteiger partial charge in [-0.25, -0.2) is 0 Å². The number of nitrogens with one attached hydrogen (secondary N) is 2. The summed E-state index contributed by atoms with van der Waals surface area (Å²) in [7, 11) is 0. The number of carbonyl (C=O) groups excluding carboxylic acids is 1. The number of rotatable bonds is 3. The van der Waals surface area contributed by atoms with Crippen LogP contribution < -0.4 is 10.6 Å². The van der Waals surface area contributed by atoms with Crippen LogP contribution in [-0.4, -0.2) is 25.0 Å². The molecule has 1 amide bonds. The third-order valence-corrected chi connectivity index (χ3v) is 5.85. The lowest BCUT2D eigenvalue weighted by Gasteiger charge is -2.29. The van der Waals surface area contributed by atoms with Crippen LogP contribution in [0.5, 0.6) is 0 Å². The Hall–Kier alpha value is -0.570. The number of hydrogen-bond acceptors (Lipinski definition) is 2. The van der Waals surface area contributed by atoms with Gasteiger partial charge < -0.3 is 10.6 Å². The van der Waals surface area contributed by atoms with Gasteiger partial charge in [-0.15, -0.1) is 0 Å². The molecule has 1 saturated carbocycles. The third kappa shape index (κ3) is 2.18. The first-order valence-corrected chi connectivity index (χ1v) is 7.29. The molecule has 0 aromatic carbocycles. The molecule has 2 aliphatic rings. The molecule has 3 heteroatoms. The SMILES string of the molecule is CC1CCCNC1C(=O)NCC1C(C)(C)C1(C)C. The van der Waals surface area contributed by atoms with Crippen LogP contribution in [0.2, 0.25) is 0 Å². The van der Waals surface area contributed by atoms with Crippen molar-refractivity contribution in [3.63, 3.8) is 0 Å². The fourth-order valence-corrected chi connectivity index (χ4v) is 3.56. The fraction of sp³-hybridized carbons (Fsp3) is 0.933. The summed E-state index contributed by atoms with van der Waals surface area (Å²) in [5, 5.41) is 6.50. The van der Waals surface area contributed by atoms with Crippen molar-refractivity contribution in [3.8, 4) is 0 Å². The summed E-state index contributed by atoms with van der Waals surface area (Å²) in [6, 6.07) is 0.0173. The molecule has 2 atom stereocenters. The van der Waals surface area contributed by atoms with Crippen molar-refractivity contribution in [2.75, 3.05) is 13.1 Å². The van der Waals surface area contributed by atoms with E-state index in [1.54, 1.807) is 0 Å². The first-order valence-electron chi connectivity index (χ1n) is 7.29. The summed E-state index contributed by atoms with van der Waals surface area (Å²) in [6.45, 7) is 13.2. The van der Waals surface area contributed by atoms with Gasteiger partial charge in [0.15, 0.2) is 0 Å². The molecule has 0 radical (unpaired) electrons. The maximum absolute atomic E-state index is 12.2. The number of amides is 1. The quantitative estimate of drug-likeness (QED) is 0.808. The van der Waals surface area contributed by atoms with Crippen molar-refractivity contribution in [1.29, 1.82) is 0 Å². The Balaban J connectivity index is 1.83. The largest absolute Gasteiger partial charge is 0.354 e. The second-order valence-electron chi connectivity index (χ2n) is 7.29. The Bertz CT molecular complexity index is 321. The minimum absolute atomic E-state index is 0.0173. The Morgan fingerprint density at radius 1 is 1.28 bits per heavy atom. The minimum Gasteiger partial charge on any atom is -0.354 e. The molecule has 1 heterocycles. The summed E-state index contributed by atoms with van der Waals surface area (Å²) >= 11 is 0. The van der Waals surface area contributed by atoms with Gasteiger partial charge >= 0.3 is 0 Å². The molecule has 0 spiro atoms. The van der Waals surface area contributed by atoms with Crippen molar-refractivity contribution < 1.29 is 4.79 Å². The molecule has 2 rings (SSSR count). The zero-order valence-corrected chi connectivity index (χ0v) is 12.5. The molecule has 2 fully saturated rings. The molecule has 1 aliphatic carbocycles. The van der Waals surface area contributed by atoms with Gasteiger partial charge in [0.2, 0.25) is 5.91 Å². The van der Waals surface area contributed by atoms with Gasteiger partial charge in [-0.1, -0.05) is 34.6 Å². The lowest BCUT2D eigenvalue weighted by molar-refractivity contribution is -0.124. The molecule has 0 aromatic heterocycles. The minimum atomic E-state index is 0.0173. The first kappa shape index (κ1) is 13.9. The van der Waals surface area contributed by atoms with E-state index in [1.165, 1.54) is 6.42 Å². The van der Waals surface area contributed by atoms with E-state index >= 15 is 0 Å². The van der Waals surface area contributed by atoms with E-state index in [9.17, 15) is 4.79 Å². The molecule has 1 aliphatic heterocycles. The van der Waals surface area contributed by atoms with E-state index in [1.807, 2.05) is 0 Å². The van der Waals surface area contributed by atoms with Crippen molar-refractivity contribution in [2.45, 2.75) is 53.5 Å². The van der Waals surface area contributed by atoms with Crippen molar-refractivity contribution in [2.24, 2.45) is 22.7 Å². The molecule has 104 valence electrons. The van der Waals surface area contributed by atoms with Gasteiger partial charge in [0.05, 0.1) is 6.04 Å². The maximum atomic E-state index is 12.2. The summed E-state index contributed by atoms with van der Waals surface area (Å²) in [5.74, 6) is 1.26.